The number of hydrogen-bond donors (Lipinski definition) is 1. The van der Waals surface area contributed by atoms with Gasteiger partial charge in [-0.15, -0.1) is 0 Å². The van der Waals surface area contributed by atoms with Crippen molar-refractivity contribution in [3.8, 4) is 0 Å². The quantitative estimate of drug-likeness (QED) is 0.904. The molecule has 2 amide bonds. The molecule has 3 heterocycles. The molecule has 0 aliphatic carbocycles. The molecule has 0 bridgehead atoms. The molecule has 134 valence electrons. The predicted molar refractivity (Wildman–Crippen MR) is 93.1 cm³/mol. The van der Waals surface area contributed by atoms with Crippen LogP contribution in [0.25, 0.3) is 11.1 Å². The Labute approximate surface area is 146 Å². The van der Waals surface area contributed by atoms with Crippen molar-refractivity contribution in [2.45, 2.75) is 46.6 Å². The van der Waals surface area contributed by atoms with E-state index in [0.29, 0.717) is 34.6 Å². The minimum atomic E-state index is -0.472. The van der Waals surface area contributed by atoms with Crippen molar-refractivity contribution in [3.05, 3.63) is 23.0 Å². The summed E-state index contributed by atoms with van der Waals surface area (Å²) >= 11 is 0. The topological polar surface area (TPSA) is 88.3 Å². The molecule has 0 aromatic carbocycles. The van der Waals surface area contributed by atoms with E-state index in [1.165, 1.54) is 0 Å². The number of carbonyl (C=O) groups excluding carboxylic acids is 2. The highest BCUT2D eigenvalue weighted by molar-refractivity contribution is 6.06. The molecule has 0 radical (unpaired) electrons. The molecule has 3 rings (SSSR count). The van der Waals surface area contributed by atoms with E-state index >= 15 is 0 Å². The second-order valence-corrected chi connectivity index (χ2v) is 7.54. The standard InChI is InChI=1S/C18H24N4O3/c1-10-9-11(15(23)19-5)13-14(21-25-16(13)20-10)12-7-6-8-22(12)17(24)18(2,3)4/h9,12H,6-8H2,1-5H3,(H,19,23). The molecule has 2 aromatic heterocycles. The van der Waals surface area contributed by atoms with Crippen LogP contribution in [0.5, 0.6) is 0 Å². The third-order valence-electron chi connectivity index (χ3n) is 4.54. The number of hydrogen-bond acceptors (Lipinski definition) is 5. The minimum Gasteiger partial charge on any atom is -0.355 e. The summed E-state index contributed by atoms with van der Waals surface area (Å²) in [4.78, 5) is 31.3. The Bertz CT molecular complexity index is 835. The molecule has 1 aliphatic heterocycles. The number of aryl methyl sites for hydroxylation is 1. The van der Waals surface area contributed by atoms with Gasteiger partial charge in [0.05, 0.1) is 17.0 Å². The number of pyridine rings is 1. The summed E-state index contributed by atoms with van der Waals surface area (Å²) < 4.78 is 5.41. The largest absolute Gasteiger partial charge is 0.355 e. The van der Waals surface area contributed by atoms with Crippen LogP contribution in [-0.4, -0.2) is 40.4 Å². The first-order chi connectivity index (χ1) is 11.7. The fourth-order valence-corrected chi connectivity index (χ4v) is 3.36. The molecule has 1 unspecified atom stereocenters. The maximum Gasteiger partial charge on any atom is 0.259 e. The number of aromatic nitrogens is 2. The number of nitrogens with zero attached hydrogens (tertiary/aromatic N) is 3. The fourth-order valence-electron chi connectivity index (χ4n) is 3.36. The highest BCUT2D eigenvalue weighted by Crippen LogP contribution is 2.38. The maximum atomic E-state index is 12.8. The molecule has 0 saturated carbocycles. The summed E-state index contributed by atoms with van der Waals surface area (Å²) in [7, 11) is 1.59. The zero-order valence-electron chi connectivity index (χ0n) is 15.3. The van der Waals surface area contributed by atoms with E-state index < -0.39 is 5.41 Å². The molecule has 1 fully saturated rings. The third-order valence-corrected chi connectivity index (χ3v) is 4.54. The highest BCUT2D eigenvalue weighted by atomic mass is 16.5. The molecule has 1 N–H and O–H groups in total. The average molecular weight is 344 g/mol. The summed E-state index contributed by atoms with van der Waals surface area (Å²) in [5.74, 6) is -0.139. The monoisotopic (exact) mass is 344 g/mol. The third kappa shape index (κ3) is 2.99. The number of likely N-dealkylation sites (tertiary alicyclic amines) is 1. The first-order valence-corrected chi connectivity index (χ1v) is 8.54. The Hall–Kier alpha value is -2.44. The van der Waals surface area contributed by atoms with Gasteiger partial charge in [0.15, 0.2) is 0 Å². The van der Waals surface area contributed by atoms with E-state index in [4.69, 9.17) is 4.52 Å². The Kier molecular flexibility index (Phi) is 4.26. The van der Waals surface area contributed by atoms with Crippen molar-refractivity contribution in [1.29, 1.82) is 0 Å². The van der Waals surface area contributed by atoms with E-state index in [1.807, 2.05) is 25.7 Å². The molecular weight excluding hydrogens is 320 g/mol. The van der Waals surface area contributed by atoms with Gasteiger partial charge in [-0.25, -0.2) is 4.98 Å². The lowest BCUT2D eigenvalue weighted by Gasteiger charge is -2.30. The zero-order valence-corrected chi connectivity index (χ0v) is 15.3. The highest BCUT2D eigenvalue weighted by Gasteiger charge is 2.38. The van der Waals surface area contributed by atoms with Gasteiger partial charge in [-0.3, -0.25) is 9.59 Å². The molecule has 1 atom stereocenters. The van der Waals surface area contributed by atoms with Crippen LogP contribution in [0.3, 0.4) is 0 Å². The number of carbonyl (C=O) groups is 2. The lowest BCUT2D eigenvalue weighted by atomic mass is 9.93. The minimum absolute atomic E-state index is 0.0766. The lowest BCUT2D eigenvalue weighted by molar-refractivity contribution is -0.140. The van der Waals surface area contributed by atoms with Crippen LogP contribution < -0.4 is 5.32 Å². The van der Waals surface area contributed by atoms with Crippen LogP contribution in [0, 0.1) is 12.3 Å². The van der Waals surface area contributed by atoms with Crippen LogP contribution in [0.1, 0.15) is 61.4 Å². The summed E-state index contributed by atoms with van der Waals surface area (Å²) in [5, 5.41) is 7.45. The first kappa shape index (κ1) is 17.4. The van der Waals surface area contributed by atoms with E-state index in [9.17, 15) is 9.59 Å². The number of amides is 2. The van der Waals surface area contributed by atoms with Gasteiger partial charge in [-0.2, -0.15) is 0 Å². The zero-order chi connectivity index (χ0) is 18.4. The Morgan fingerprint density at radius 3 is 2.72 bits per heavy atom. The molecule has 7 heteroatoms. The molecule has 1 aliphatic rings. The maximum absolute atomic E-state index is 12.8. The van der Waals surface area contributed by atoms with Gasteiger partial charge in [0, 0.05) is 24.7 Å². The second kappa shape index (κ2) is 6.13. The van der Waals surface area contributed by atoms with Gasteiger partial charge in [-0.1, -0.05) is 25.9 Å². The normalized spacial score (nSPS) is 18.0. The van der Waals surface area contributed by atoms with Crippen molar-refractivity contribution in [2.24, 2.45) is 5.41 Å². The molecule has 1 saturated heterocycles. The van der Waals surface area contributed by atoms with Gasteiger partial charge in [-0.05, 0) is 25.8 Å². The summed E-state index contributed by atoms with van der Waals surface area (Å²) in [6.07, 6.45) is 1.69. The molecule has 25 heavy (non-hydrogen) atoms. The van der Waals surface area contributed by atoms with E-state index in [-0.39, 0.29) is 17.9 Å². The molecular formula is C18H24N4O3. The van der Waals surface area contributed by atoms with Crippen molar-refractivity contribution < 1.29 is 14.1 Å². The molecule has 7 nitrogen and oxygen atoms in total. The number of nitrogens with one attached hydrogen (secondary N) is 1. The van der Waals surface area contributed by atoms with Crippen LogP contribution >= 0.6 is 0 Å². The van der Waals surface area contributed by atoms with E-state index in [2.05, 4.69) is 15.5 Å². The van der Waals surface area contributed by atoms with Crippen LogP contribution in [0.15, 0.2) is 10.6 Å². The van der Waals surface area contributed by atoms with Crippen molar-refractivity contribution in [3.63, 3.8) is 0 Å². The summed E-state index contributed by atoms with van der Waals surface area (Å²) in [6.45, 7) is 8.22. The van der Waals surface area contributed by atoms with Gasteiger partial charge < -0.3 is 14.7 Å². The van der Waals surface area contributed by atoms with Crippen LogP contribution in [-0.2, 0) is 4.79 Å². The molecule has 0 spiro atoms. The lowest BCUT2D eigenvalue weighted by Crippen LogP contribution is -2.39. The Morgan fingerprint density at radius 2 is 2.08 bits per heavy atom. The fraction of sp³-hybridized carbons (Fsp3) is 0.556. The van der Waals surface area contributed by atoms with Gasteiger partial charge in [0.25, 0.3) is 11.6 Å². The summed E-state index contributed by atoms with van der Waals surface area (Å²) in [6, 6.07) is 1.54. The second-order valence-electron chi connectivity index (χ2n) is 7.54. The van der Waals surface area contributed by atoms with Crippen LogP contribution in [0.2, 0.25) is 0 Å². The first-order valence-electron chi connectivity index (χ1n) is 8.54. The predicted octanol–water partition coefficient (Wildman–Crippen LogP) is 2.60. The molecule has 2 aromatic rings. The van der Waals surface area contributed by atoms with Crippen molar-refractivity contribution >= 4 is 22.9 Å². The van der Waals surface area contributed by atoms with Gasteiger partial charge >= 0.3 is 0 Å². The van der Waals surface area contributed by atoms with E-state index in [1.54, 1.807) is 20.0 Å². The van der Waals surface area contributed by atoms with Gasteiger partial charge in [0.1, 0.15) is 5.69 Å². The average Bonchev–Trinajstić information content (AvgIpc) is 3.17. The SMILES string of the molecule is CNC(=O)c1cc(C)nc2onc(C3CCCN3C(=O)C(C)(C)C)c12. The van der Waals surface area contributed by atoms with Crippen LogP contribution in [0.4, 0.5) is 0 Å². The number of rotatable bonds is 2. The van der Waals surface area contributed by atoms with Crippen molar-refractivity contribution in [2.75, 3.05) is 13.6 Å². The Balaban J connectivity index is 2.13. The number of fused-ring (bicyclic) bond motifs is 1. The Morgan fingerprint density at radius 1 is 1.36 bits per heavy atom. The van der Waals surface area contributed by atoms with E-state index in [0.717, 1.165) is 12.8 Å². The smallest absolute Gasteiger partial charge is 0.259 e. The van der Waals surface area contributed by atoms with Gasteiger partial charge in [0.2, 0.25) is 5.91 Å². The summed E-state index contributed by atoms with van der Waals surface area (Å²) in [5.41, 5.74) is 1.65. The van der Waals surface area contributed by atoms with Crippen molar-refractivity contribution in [1.82, 2.24) is 20.4 Å².